The summed E-state index contributed by atoms with van der Waals surface area (Å²) in [5, 5.41) is 3.50. The molecule has 1 N–H and O–H groups in total. The average molecular weight is 381 g/mol. The number of ether oxygens (including phenoxy) is 1. The van der Waals surface area contributed by atoms with E-state index < -0.39 is 0 Å². The Kier molecular flexibility index (Phi) is 4.69. The van der Waals surface area contributed by atoms with E-state index in [9.17, 15) is 4.79 Å². The summed E-state index contributed by atoms with van der Waals surface area (Å²) in [7, 11) is 0. The molecular formula is C17H15BrClNO2. The first-order valence-electron chi connectivity index (χ1n) is 7.08. The smallest absolute Gasteiger partial charge is 0.258 e. The monoisotopic (exact) mass is 379 g/mol. The van der Waals surface area contributed by atoms with Crippen LogP contribution in [0.2, 0.25) is 5.02 Å². The third kappa shape index (κ3) is 3.45. The summed E-state index contributed by atoms with van der Waals surface area (Å²) < 4.78 is 6.36. The molecule has 0 aromatic heterocycles. The number of amides is 1. The van der Waals surface area contributed by atoms with Crippen LogP contribution in [0.1, 0.15) is 23.6 Å². The number of hydrogen-bond acceptors (Lipinski definition) is 2. The molecule has 3 rings (SSSR count). The van der Waals surface area contributed by atoms with E-state index in [0.29, 0.717) is 10.8 Å². The van der Waals surface area contributed by atoms with Gasteiger partial charge in [-0.3, -0.25) is 4.79 Å². The van der Waals surface area contributed by atoms with Crippen molar-refractivity contribution < 1.29 is 9.53 Å². The van der Waals surface area contributed by atoms with E-state index in [-0.39, 0.29) is 18.6 Å². The lowest BCUT2D eigenvalue weighted by molar-refractivity contribution is -0.123. The van der Waals surface area contributed by atoms with Crippen molar-refractivity contribution in [2.24, 2.45) is 0 Å². The fraction of sp³-hybridized carbons (Fsp3) is 0.235. The lowest BCUT2D eigenvalue weighted by atomic mass is 10.1. The largest absolute Gasteiger partial charge is 0.482 e. The SMILES string of the molecule is O=C(COc1ccc(Br)cc1Cl)N[C@@H]1CCc2ccccc21. The Bertz CT molecular complexity index is 705. The summed E-state index contributed by atoms with van der Waals surface area (Å²) in [6.07, 6.45) is 1.94. The minimum Gasteiger partial charge on any atom is -0.482 e. The van der Waals surface area contributed by atoms with Gasteiger partial charge in [0.2, 0.25) is 0 Å². The van der Waals surface area contributed by atoms with Crippen LogP contribution in [0.15, 0.2) is 46.9 Å². The molecule has 5 heteroatoms. The highest BCUT2D eigenvalue weighted by atomic mass is 79.9. The van der Waals surface area contributed by atoms with Gasteiger partial charge in [-0.05, 0) is 42.2 Å². The van der Waals surface area contributed by atoms with Crippen LogP contribution in [0.5, 0.6) is 5.75 Å². The van der Waals surface area contributed by atoms with E-state index in [2.05, 4.69) is 33.4 Å². The van der Waals surface area contributed by atoms with Crippen molar-refractivity contribution in [1.29, 1.82) is 0 Å². The zero-order valence-electron chi connectivity index (χ0n) is 11.8. The predicted octanol–water partition coefficient (Wildman–Crippen LogP) is 4.29. The highest BCUT2D eigenvalue weighted by molar-refractivity contribution is 9.10. The van der Waals surface area contributed by atoms with Gasteiger partial charge < -0.3 is 10.1 Å². The van der Waals surface area contributed by atoms with Crippen LogP contribution in [0.3, 0.4) is 0 Å². The van der Waals surface area contributed by atoms with Crippen LogP contribution in [-0.2, 0) is 11.2 Å². The second-order valence-electron chi connectivity index (χ2n) is 5.22. The molecular weight excluding hydrogens is 366 g/mol. The molecule has 1 aliphatic rings. The van der Waals surface area contributed by atoms with Crippen LogP contribution in [0.4, 0.5) is 0 Å². The molecule has 114 valence electrons. The number of hydrogen-bond donors (Lipinski definition) is 1. The number of benzene rings is 2. The molecule has 0 saturated heterocycles. The maximum Gasteiger partial charge on any atom is 0.258 e. The molecule has 0 saturated carbocycles. The number of carbonyl (C=O) groups is 1. The van der Waals surface area contributed by atoms with E-state index in [1.54, 1.807) is 12.1 Å². The lowest BCUT2D eigenvalue weighted by Crippen LogP contribution is -2.31. The summed E-state index contributed by atoms with van der Waals surface area (Å²) in [5.41, 5.74) is 2.52. The Labute approximate surface area is 142 Å². The van der Waals surface area contributed by atoms with Crippen molar-refractivity contribution in [3.8, 4) is 5.75 Å². The van der Waals surface area contributed by atoms with Crippen LogP contribution in [0.25, 0.3) is 0 Å². The molecule has 1 amide bonds. The van der Waals surface area contributed by atoms with Crippen molar-refractivity contribution in [2.75, 3.05) is 6.61 Å². The molecule has 0 heterocycles. The summed E-state index contributed by atoms with van der Waals surface area (Å²) in [5.74, 6) is 0.368. The van der Waals surface area contributed by atoms with Crippen molar-refractivity contribution in [3.63, 3.8) is 0 Å². The molecule has 0 aliphatic heterocycles. The normalized spacial score (nSPS) is 16.2. The second kappa shape index (κ2) is 6.71. The van der Waals surface area contributed by atoms with Crippen LogP contribution in [0, 0.1) is 0 Å². The molecule has 0 fully saturated rings. The Morgan fingerprint density at radius 2 is 2.14 bits per heavy atom. The average Bonchev–Trinajstić information content (AvgIpc) is 2.90. The van der Waals surface area contributed by atoms with Crippen molar-refractivity contribution in [3.05, 3.63) is 63.1 Å². The van der Waals surface area contributed by atoms with Gasteiger partial charge in [-0.25, -0.2) is 0 Å². The summed E-state index contributed by atoms with van der Waals surface area (Å²) in [4.78, 5) is 12.1. The third-order valence-electron chi connectivity index (χ3n) is 3.72. The van der Waals surface area contributed by atoms with E-state index in [4.69, 9.17) is 16.3 Å². The standard InChI is InChI=1S/C17H15BrClNO2/c18-12-6-8-16(14(19)9-12)22-10-17(21)20-15-7-5-11-3-1-2-4-13(11)15/h1-4,6,8-9,15H,5,7,10H2,(H,20,21)/t15-/m1/s1. The molecule has 0 bridgehead atoms. The van der Waals surface area contributed by atoms with Crippen molar-refractivity contribution in [2.45, 2.75) is 18.9 Å². The fourth-order valence-corrected chi connectivity index (χ4v) is 3.41. The molecule has 0 unspecified atom stereocenters. The molecule has 22 heavy (non-hydrogen) atoms. The second-order valence-corrected chi connectivity index (χ2v) is 6.54. The van der Waals surface area contributed by atoms with Crippen LogP contribution >= 0.6 is 27.5 Å². The minimum absolute atomic E-state index is 0.0416. The highest BCUT2D eigenvalue weighted by Crippen LogP contribution is 2.31. The van der Waals surface area contributed by atoms with Gasteiger partial charge in [0.1, 0.15) is 5.75 Å². The molecule has 2 aromatic rings. The number of aryl methyl sites for hydroxylation is 1. The molecule has 2 aromatic carbocycles. The number of halogens is 2. The van der Waals surface area contributed by atoms with Gasteiger partial charge in [-0.2, -0.15) is 0 Å². The summed E-state index contributed by atoms with van der Waals surface area (Å²) >= 11 is 9.39. The van der Waals surface area contributed by atoms with Crippen molar-refractivity contribution in [1.82, 2.24) is 5.32 Å². The van der Waals surface area contributed by atoms with Crippen LogP contribution < -0.4 is 10.1 Å². The van der Waals surface area contributed by atoms with Gasteiger partial charge in [-0.1, -0.05) is 51.8 Å². The van der Waals surface area contributed by atoms with Gasteiger partial charge in [0.05, 0.1) is 11.1 Å². The number of fused-ring (bicyclic) bond motifs is 1. The van der Waals surface area contributed by atoms with E-state index in [1.165, 1.54) is 11.1 Å². The summed E-state index contributed by atoms with van der Waals surface area (Å²) in [6, 6.07) is 13.6. The topological polar surface area (TPSA) is 38.3 Å². The first kappa shape index (κ1) is 15.4. The first-order valence-corrected chi connectivity index (χ1v) is 8.25. The molecule has 1 atom stereocenters. The maximum absolute atomic E-state index is 12.1. The first-order chi connectivity index (χ1) is 10.6. The highest BCUT2D eigenvalue weighted by Gasteiger charge is 2.23. The minimum atomic E-state index is -0.138. The molecule has 0 spiro atoms. The molecule has 0 radical (unpaired) electrons. The number of nitrogens with one attached hydrogen (secondary N) is 1. The Morgan fingerprint density at radius 1 is 1.32 bits per heavy atom. The van der Waals surface area contributed by atoms with E-state index >= 15 is 0 Å². The maximum atomic E-state index is 12.1. The van der Waals surface area contributed by atoms with E-state index in [1.807, 2.05) is 18.2 Å². The lowest BCUT2D eigenvalue weighted by Gasteiger charge is -2.15. The van der Waals surface area contributed by atoms with Gasteiger partial charge in [0, 0.05) is 4.47 Å². The van der Waals surface area contributed by atoms with E-state index in [0.717, 1.165) is 17.3 Å². The Hall–Kier alpha value is -1.52. The zero-order chi connectivity index (χ0) is 15.5. The fourth-order valence-electron chi connectivity index (χ4n) is 2.68. The quantitative estimate of drug-likeness (QED) is 0.859. The third-order valence-corrected chi connectivity index (χ3v) is 4.51. The number of carbonyl (C=O) groups excluding carboxylic acids is 1. The van der Waals surface area contributed by atoms with Gasteiger partial charge in [0.15, 0.2) is 6.61 Å². The van der Waals surface area contributed by atoms with Gasteiger partial charge >= 0.3 is 0 Å². The molecule has 3 nitrogen and oxygen atoms in total. The Morgan fingerprint density at radius 3 is 2.95 bits per heavy atom. The van der Waals surface area contributed by atoms with Gasteiger partial charge in [-0.15, -0.1) is 0 Å². The Balaban J connectivity index is 1.57. The van der Waals surface area contributed by atoms with Crippen molar-refractivity contribution >= 4 is 33.4 Å². The summed E-state index contributed by atoms with van der Waals surface area (Å²) in [6.45, 7) is -0.0416. The number of rotatable bonds is 4. The molecule has 1 aliphatic carbocycles. The van der Waals surface area contributed by atoms with Gasteiger partial charge in [0.25, 0.3) is 5.91 Å². The zero-order valence-corrected chi connectivity index (χ0v) is 14.2. The van der Waals surface area contributed by atoms with Crippen LogP contribution in [-0.4, -0.2) is 12.5 Å². The predicted molar refractivity (Wildman–Crippen MR) is 90.3 cm³/mol.